The molecule has 0 aromatic carbocycles. The van der Waals surface area contributed by atoms with Gasteiger partial charge in [-0.2, -0.15) is 0 Å². The van der Waals surface area contributed by atoms with Crippen LogP contribution >= 0.6 is 0 Å². The van der Waals surface area contributed by atoms with E-state index in [1.807, 2.05) is 6.08 Å². The van der Waals surface area contributed by atoms with Gasteiger partial charge in [0.05, 0.1) is 0 Å². The van der Waals surface area contributed by atoms with Crippen molar-refractivity contribution in [3.8, 4) is 0 Å². The van der Waals surface area contributed by atoms with Gasteiger partial charge >= 0.3 is 0 Å². The van der Waals surface area contributed by atoms with Crippen LogP contribution in [0.15, 0.2) is 12.2 Å². The SMILES string of the molecule is C[C@@]1(O)C(=O)C[C@H]2C=C[C@@H]1C2. The molecule has 2 aliphatic rings. The third-order valence-electron chi connectivity index (χ3n) is 2.91. The Labute approximate surface area is 65.9 Å². The van der Waals surface area contributed by atoms with Gasteiger partial charge in [-0.15, -0.1) is 0 Å². The summed E-state index contributed by atoms with van der Waals surface area (Å²) >= 11 is 0. The van der Waals surface area contributed by atoms with E-state index in [0.29, 0.717) is 12.3 Å². The van der Waals surface area contributed by atoms with Crippen molar-refractivity contribution in [2.24, 2.45) is 11.8 Å². The summed E-state index contributed by atoms with van der Waals surface area (Å²) in [4.78, 5) is 11.3. The Morgan fingerprint density at radius 1 is 1.64 bits per heavy atom. The Morgan fingerprint density at radius 3 is 3.09 bits per heavy atom. The van der Waals surface area contributed by atoms with Crippen LogP contribution in [0.3, 0.4) is 0 Å². The molecule has 2 bridgehead atoms. The number of Topliss-reactive ketones (excluding diaryl/α,β-unsaturated/α-hetero) is 1. The average Bonchev–Trinajstić information content (AvgIpc) is 2.31. The van der Waals surface area contributed by atoms with Gasteiger partial charge in [0.15, 0.2) is 5.78 Å². The van der Waals surface area contributed by atoms with Crippen LogP contribution in [0.25, 0.3) is 0 Å². The van der Waals surface area contributed by atoms with E-state index in [4.69, 9.17) is 0 Å². The number of allylic oxidation sites excluding steroid dienone is 1. The lowest BCUT2D eigenvalue weighted by molar-refractivity contribution is -0.143. The van der Waals surface area contributed by atoms with E-state index in [2.05, 4.69) is 6.08 Å². The zero-order valence-corrected chi connectivity index (χ0v) is 6.58. The first-order chi connectivity index (χ1) is 5.10. The number of aliphatic hydroxyl groups is 1. The van der Waals surface area contributed by atoms with E-state index in [-0.39, 0.29) is 11.7 Å². The van der Waals surface area contributed by atoms with Crippen LogP contribution in [-0.4, -0.2) is 16.5 Å². The highest BCUT2D eigenvalue weighted by Gasteiger charge is 2.45. The van der Waals surface area contributed by atoms with Crippen LogP contribution in [-0.2, 0) is 4.79 Å². The maximum absolute atomic E-state index is 11.3. The normalized spacial score (nSPS) is 48.4. The predicted molar refractivity (Wildman–Crippen MR) is 41.0 cm³/mol. The first-order valence-corrected chi connectivity index (χ1v) is 4.04. The number of carbonyl (C=O) groups excluding carboxylic acids is 1. The van der Waals surface area contributed by atoms with E-state index in [1.54, 1.807) is 6.92 Å². The highest BCUT2D eigenvalue weighted by molar-refractivity contribution is 5.89. The van der Waals surface area contributed by atoms with Crippen LogP contribution in [0.1, 0.15) is 19.8 Å². The standard InChI is InChI=1S/C9H12O2/c1-9(11)7-3-2-6(4-7)5-8(9)10/h2-3,6-7,11H,4-5H2,1H3/t6-,7+,9-/m0/s1. The molecule has 0 unspecified atom stereocenters. The van der Waals surface area contributed by atoms with Crippen molar-refractivity contribution < 1.29 is 9.90 Å². The van der Waals surface area contributed by atoms with Crippen LogP contribution < -0.4 is 0 Å². The maximum Gasteiger partial charge on any atom is 0.165 e. The van der Waals surface area contributed by atoms with Crippen LogP contribution in [0.5, 0.6) is 0 Å². The molecular formula is C9H12O2. The Balaban J connectivity index is 2.33. The third-order valence-corrected chi connectivity index (χ3v) is 2.91. The fourth-order valence-electron chi connectivity index (χ4n) is 1.99. The van der Waals surface area contributed by atoms with Crippen LogP contribution in [0.4, 0.5) is 0 Å². The molecule has 0 aliphatic heterocycles. The summed E-state index contributed by atoms with van der Waals surface area (Å²) in [5, 5.41) is 9.73. The number of hydrogen-bond donors (Lipinski definition) is 1. The lowest BCUT2D eigenvalue weighted by atomic mass is 9.76. The van der Waals surface area contributed by atoms with Gasteiger partial charge in [0.1, 0.15) is 5.60 Å². The number of rotatable bonds is 0. The van der Waals surface area contributed by atoms with Crippen molar-refractivity contribution in [3.05, 3.63) is 12.2 Å². The van der Waals surface area contributed by atoms with E-state index in [9.17, 15) is 9.90 Å². The van der Waals surface area contributed by atoms with Gasteiger partial charge in [-0.3, -0.25) is 4.79 Å². The van der Waals surface area contributed by atoms with Gasteiger partial charge in [-0.05, 0) is 19.3 Å². The van der Waals surface area contributed by atoms with Crippen molar-refractivity contribution in [1.29, 1.82) is 0 Å². The van der Waals surface area contributed by atoms with Crippen LogP contribution in [0, 0.1) is 11.8 Å². The molecule has 0 saturated heterocycles. The molecule has 2 aliphatic carbocycles. The number of hydrogen-bond acceptors (Lipinski definition) is 2. The fraction of sp³-hybridized carbons (Fsp3) is 0.667. The van der Waals surface area contributed by atoms with Crippen molar-refractivity contribution in [3.63, 3.8) is 0 Å². The smallest absolute Gasteiger partial charge is 0.165 e. The zero-order chi connectivity index (χ0) is 8.06. The molecule has 0 amide bonds. The Hall–Kier alpha value is -0.630. The van der Waals surface area contributed by atoms with Gasteiger partial charge < -0.3 is 5.11 Å². The molecule has 0 heterocycles. The first-order valence-electron chi connectivity index (χ1n) is 4.04. The zero-order valence-electron chi connectivity index (χ0n) is 6.58. The molecule has 2 rings (SSSR count). The molecule has 2 nitrogen and oxygen atoms in total. The molecule has 2 heteroatoms. The van der Waals surface area contributed by atoms with Crippen LogP contribution in [0.2, 0.25) is 0 Å². The number of ketones is 1. The predicted octanol–water partition coefficient (Wildman–Crippen LogP) is 0.902. The van der Waals surface area contributed by atoms with Crippen molar-refractivity contribution >= 4 is 5.78 Å². The minimum absolute atomic E-state index is 0.00347. The second-order valence-electron chi connectivity index (χ2n) is 3.76. The molecule has 11 heavy (non-hydrogen) atoms. The van der Waals surface area contributed by atoms with Gasteiger partial charge in [-0.1, -0.05) is 12.2 Å². The fourth-order valence-corrected chi connectivity index (χ4v) is 1.99. The second kappa shape index (κ2) is 1.95. The Bertz CT molecular complexity index is 228. The monoisotopic (exact) mass is 152 g/mol. The molecule has 0 aromatic heterocycles. The summed E-state index contributed by atoms with van der Waals surface area (Å²) in [6.07, 6.45) is 5.53. The highest BCUT2D eigenvalue weighted by atomic mass is 16.3. The molecule has 60 valence electrons. The van der Waals surface area contributed by atoms with Gasteiger partial charge in [0.25, 0.3) is 0 Å². The lowest BCUT2D eigenvalue weighted by Gasteiger charge is -2.32. The molecule has 0 spiro atoms. The minimum Gasteiger partial charge on any atom is -0.382 e. The molecule has 0 radical (unpaired) electrons. The third kappa shape index (κ3) is 0.857. The van der Waals surface area contributed by atoms with E-state index in [0.717, 1.165) is 6.42 Å². The lowest BCUT2D eigenvalue weighted by Crippen LogP contribution is -2.45. The summed E-state index contributed by atoms with van der Waals surface area (Å²) in [7, 11) is 0. The van der Waals surface area contributed by atoms with E-state index < -0.39 is 5.60 Å². The number of carbonyl (C=O) groups is 1. The number of fused-ring (bicyclic) bond motifs is 2. The quantitative estimate of drug-likeness (QED) is 0.524. The van der Waals surface area contributed by atoms with E-state index >= 15 is 0 Å². The minimum atomic E-state index is -1.08. The maximum atomic E-state index is 11.3. The van der Waals surface area contributed by atoms with E-state index in [1.165, 1.54) is 0 Å². The van der Waals surface area contributed by atoms with Gasteiger partial charge in [0, 0.05) is 12.3 Å². The summed E-state index contributed by atoms with van der Waals surface area (Å²) in [6.45, 7) is 1.63. The highest BCUT2D eigenvalue weighted by Crippen LogP contribution is 2.40. The molecule has 1 saturated carbocycles. The molecular weight excluding hydrogens is 140 g/mol. The first kappa shape index (κ1) is 7.04. The Morgan fingerprint density at radius 2 is 2.36 bits per heavy atom. The summed E-state index contributed by atoms with van der Waals surface area (Å²) in [6, 6.07) is 0. The molecule has 0 aromatic rings. The largest absolute Gasteiger partial charge is 0.382 e. The summed E-state index contributed by atoms with van der Waals surface area (Å²) in [5.74, 6) is 0.491. The Kier molecular flexibility index (Phi) is 1.25. The second-order valence-corrected chi connectivity index (χ2v) is 3.76. The molecule has 1 fully saturated rings. The molecule has 3 atom stereocenters. The van der Waals surface area contributed by atoms with Gasteiger partial charge in [0.2, 0.25) is 0 Å². The molecule has 1 N–H and O–H groups in total. The van der Waals surface area contributed by atoms with Crippen molar-refractivity contribution in [1.82, 2.24) is 0 Å². The summed E-state index contributed by atoms with van der Waals surface area (Å²) in [5.41, 5.74) is -1.08. The summed E-state index contributed by atoms with van der Waals surface area (Å²) < 4.78 is 0. The van der Waals surface area contributed by atoms with Crippen molar-refractivity contribution in [2.75, 3.05) is 0 Å². The van der Waals surface area contributed by atoms with Crippen molar-refractivity contribution in [2.45, 2.75) is 25.4 Å². The van der Waals surface area contributed by atoms with Gasteiger partial charge in [-0.25, -0.2) is 0 Å². The topological polar surface area (TPSA) is 37.3 Å². The average molecular weight is 152 g/mol.